The number of ether oxygens (including phenoxy) is 2. The number of rotatable bonds is 5. The Labute approximate surface area is 111 Å². The van der Waals surface area contributed by atoms with E-state index >= 15 is 0 Å². The van der Waals surface area contributed by atoms with Gasteiger partial charge in [-0.25, -0.2) is 8.42 Å². The summed E-state index contributed by atoms with van der Waals surface area (Å²) in [4.78, 5) is 0. The van der Waals surface area contributed by atoms with Crippen LogP contribution in [0.1, 0.15) is 18.4 Å². The third-order valence-corrected chi connectivity index (χ3v) is 3.95. The summed E-state index contributed by atoms with van der Waals surface area (Å²) >= 11 is 0. The molecule has 1 aromatic rings. The molecule has 6 heteroatoms. The van der Waals surface area contributed by atoms with Crippen molar-refractivity contribution in [3.63, 3.8) is 0 Å². The molecule has 0 fully saturated rings. The van der Waals surface area contributed by atoms with Crippen LogP contribution in [0.15, 0.2) is 18.2 Å². The molecule has 2 rings (SSSR count). The fraction of sp³-hybridized carbons (Fsp3) is 0.500. The Morgan fingerprint density at radius 1 is 1.11 bits per heavy atom. The highest BCUT2D eigenvalue weighted by atomic mass is 35.7. The first-order valence-corrected chi connectivity index (χ1v) is 8.33. The monoisotopic (exact) mass is 290 g/mol. The lowest BCUT2D eigenvalue weighted by molar-refractivity contribution is 0.171. The Kier molecular flexibility index (Phi) is 4.35. The van der Waals surface area contributed by atoms with Gasteiger partial charge in [0.15, 0.2) is 11.5 Å². The molecular formula is C12H15ClO4S. The van der Waals surface area contributed by atoms with Gasteiger partial charge >= 0.3 is 0 Å². The molecule has 0 spiro atoms. The Bertz CT molecular complexity index is 513. The second-order valence-corrected chi connectivity index (χ2v) is 7.07. The molecule has 0 unspecified atom stereocenters. The average Bonchev–Trinajstić information content (AvgIpc) is 2.33. The largest absolute Gasteiger partial charge is 0.486 e. The van der Waals surface area contributed by atoms with E-state index in [0.717, 1.165) is 29.9 Å². The van der Waals surface area contributed by atoms with Crippen molar-refractivity contribution in [2.24, 2.45) is 0 Å². The fourth-order valence-corrected chi connectivity index (χ4v) is 2.72. The van der Waals surface area contributed by atoms with Crippen LogP contribution in [0.25, 0.3) is 0 Å². The molecule has 0 atom stereocenters. The minimum absolute atomic E-state index is 0.0269. The van der Waals surface area contributed by atoms with Gasteiger partial charge in [-0.1, -0.05) is 6.07 Å². The van der Waals surface area contributed by atoms with Crippen LogP contribution in [0.2, 0.25) is 0 Å². The van der Waals surface area contributed by atoms with E-state index in [-0.39, 0.29) is 5.75 Å². The van der Waals surface area contributed by atoms with E-state index in [1.807, 2.05) is 18.2 Å². The van der Waals surface area contributed by atoms with Crippen molar-refractivity contribution in [2.45, 2.75) is 19.3 Å². The second-order valence-electron chi connectivity index (χ2n) is 4.18. The van der Waals surface area contributed by atoms with Gasteiger partial charge in [0.2, 0.25) is 9.05 Å². The van der Waals surface area contributed by atoms with E-state index in [4.69, 9.17) is 20.2 Å². The van der Waals surface area contributed by atoms with Crippen LogP contribution < -0.4 is 9.47 Å². The van der Waals surface area contributed by atoms with Crippen molar-refractivity contribution < 1.29 is 17.9 Å². The Morgan fingerprint density at radius 2 is 1.83 bits per heavy atom. The highest BCUT2D eigenvalue weighted by molar-refractivity contribution is 8.13. The van der Waals surface area contributed by atoms with Gasteiger partial charge in [-0.15, -0.1) is 0 Å². The summed E-state index contributed by atoms with van der Waals surface area (Å²) in [5, 5.41) is 0. The van der Waals surface area contributed by atoms with Crippen LogP contribution in [-0.4, -0.2) is 27.4 Å². The van der Waals surface area contributed by atoms with Crippen LogP contribution >= 0.6 is 10.7 Å². The molecule has 0 amide bonds. The molecule has 1 aliphatic rings. The lowest BCUT2D eigenvalue weighted by Gasteiger charge is -2.18. The van der Waals surface area contributed by atoms with E-state index in [2.05, 4.69) is 0 Å². The van der Waals surface area contributed by atoms with Gasteiger partial charge < -0.3 is 9.47 Å². The number of hydrogen-bond donors (Lipinski definition) is 0. The molecule has 0 N–H and O–H groups in total. The fourth-order valence-electron chi connectivity index (χ4n) is 1.85. The maximum absolute atomic E-state index is 10.8. The molecule has 4 nitrogen and oxygen atoms in total. The van der Waals surface area contributed by atoms with Crippen LogP contribution in [-0.2, 0) is 15.5 Å². The van der Waals surface area contributed by atoms with Crippen molar-refractivity contribution in [1.29, 1.82) is 0 Å². The Balaban J connectivity index is 1.86. The van der Waals surface area contributed by atoms with Crippen LogP contribution in [0.5, 0.6) is 11.5 Å². The number of benzene rings is 1. The summed E-state index contributed by atoms with van der Waals surface area (Å²) < 4.78 is 32.4. The van der Waals surface area contributed by atoms with Gasteiger partial charge in [0.05, 0.1) is 5.75 Å². The minimum atomic E-state index is -3.37. The molecular weight excluding hydrogens is 276 g/mol. The smallest absolute Gasteiger partial charge is 0.232 e. The molecule has 0 saturated heterocycles. The SMILES string of the molecule is O=S(=O)(Cl)CCCCc1ccc2c(c1)OCCO2. The summed E-state index contributed by atoms with van der Waals surface area (Å²) in [7, 11) is 1.78. The van der Waals surface area contributed by atoms with Gasteiger partial charge in [0.25, 0.3) is 0 Å². The molecule has 1 heterocycles. The molecule has 0 aliphatic carbocycles. The van der Waals surface area contributed by atoms with Gasteiger partial charge in [0, 0.05) is 10.7 Å². The summed E-state index contributed by atoms with van der Waals surface area (Å²) in [6.07, 6.45) is 2.16. The van der Waals surface area contributed by atoms with Gasteiger partial charge in [0.1, 0.15) is 13.2 Å². The highest BCUT2D eigenvalue weighted by Gasteiger charge is 2.11. The van der Waals surface area contributed by atoms with E-state index in [9.17, 15) is 8.42 Å². The van der Waals surface area contributed by atoms with E-state index in [0.29, 0.717) is 19.6 Å². The van der Waals surface area contributed by atoms with E-state index in [1.165, 1.54) is 0 Å². The van der Waals surface area contributed by atoms with Gasteiger partial charge in [-0.05, 0) is 37.0 Å². The first kappa shape index (κ1) is 13.5. The van der Waals surface area contributed by atoms with Gasteiger partial charge in [-0.3, -0.25) is 0 Å². The first-order chi connectivity index (χ1) is 8.54. The van der Waals surface area contributed by atoms with Crippen molar-refractivity contribution >= 4 is 19.7 Å². The number of hydrogen-bond acceptors (Lipinski definition) is 4. The van der Waals surface area contributed by atoms with Crippen molar-refractivity contribution in [2.75, 3.05) is 19.0 Å². The molecule has 18 heavy (non-hydrogen) atoms. The number of halogens is 1. The lowest BCUT2D eigenvalue weighted by atomic mass is 10.1. The third kappa shape index (κ3) is 4.07. The van der Waals surface area contributed by atoms with Crippen LogP contribution in [0, 0.1) is 0 Å². The molecule has 0 saturated carbocycles. The van der Waals surface area contributed by atoms with Crippen molar-refractivity contribution in [1.82, 2.24) is 0 Å². The average molecular weight is 291 g/mol. The number of unbranched alkanes of at least 4 members (excludes halogenated alkanes) is 1. The second kappa shape index (κ2) is 5.80. The molecule has 1 aliphatic heterocycles. The third-order valence-electron chi connectivity index (χ3n) is 2.71. The van der Waals surface area contributed by atoms with Crippen LogP contribution in [0.3, 0.4) is 0 Å². The molecule has 0 radical (unpaired) electrons. The first-order valence-electron chi connectivity index (χ1n) is 5.85. The molecule has 1 aromatic carbocycles. The van der Waals surface area contributed by atoms with Crippen molar-refractivity contribution in [3.8, 4) is 11.5 Å². The highest BCUT2D eigenvalue weighted by Crippen LogP contribution is 2.31. The molecule has 0 bridgehead atoms. The predicted octanol–water partition coefficient (Wildman–Crippen LogP) is 2.35. The number of aryl methyl sites for hydroxylation is 1. The standard InChI is InChI=1S/C12H15ClO4S/c13-18(14,15)8-2-1-3-10-4-5-11-12(9-10)17-7-6-16-11/h4-5,9H,1-3,6-8H2. The zero-order chi connectivity index (χ0) is 13.0. The van der Waals surface area contributed by atoms with E-state index in [1.54, 1.807) is 0 Å². The van der Waals surface area contributed by atoms with Crippen molar-refractivity contribution in [3.05, 3.63) is 23.8 Å². The minimum Gasteiger partial charge on any atom is -0.486 e. The zero-order valence-corrected chi connectivity index (χ0v) is 11.5. The summed E-state index contributed by atoms with van der Waals surface area (Å²) in [6.45, 7) is 1.15. The normalized spacial score (nSPS) is 14.5. The molecule has 0 aromatic heterocycles. The maximum Gasteiger partial charge on any atom is 0.232 e. The quantitative estimate of drug-likeness (QED) is 0.617. The summed E-state index contributed by atoms with van der Waals surface area (Å²) in [6, 6.07) is 5.81. The Hall–Kier alpha value is -0.940. The summed E-state index contributed by atoms with van der Waals surface area (Å²) in [5.41, 5.74) is 1.12. The van der Waals surface area contributed by atoms with Gasteiger partial charge in [-0.2, -0.15) is 0 Å². The maximum atomic E-state index is 10.8. The zero-order valence-electron chi connectivity index (χ0n) is 9.89. The number of fused-ring (bicyclic) bond motifs is 1. The van der Waals surface area contributed by atoms with Crippen LogP contribution in [0.4, 0.5) is 0 Å². The Morgan fingerprint density at radius 3 is 2.56 bits per heavy atom. The molecule has 100 valence electrons. The summed E-state index contributed by atoms with van der Waals surface area (Å²) in [5.74, 6) is 1.57. The predicted molar refractivity (Wildman–Crippen MR) is 70.0 cm³/mol. The topological polar surface area (TPSA) is 52.6 Å². The lowest BCUT2D eigenvalue weighted by Crippen LogP contribution is -2.15. The van der Waals surface area contributed by atoms with E-state index < -0.39 is 9.05 Å².